The molecular weight excluding hydrogens is 332 g/mol. The maximum absolute atomic E-state index is 12.2. The molecule has 0 heterocycles. The zero-order chi connectivity index (χ0) is 19.4. The first-order valence-electron chi connectivity index (χ1n) is 10.2. The van der Waals surface area contributed by atoms with Gasteiger partial charge in [0.15, 0.2) is 5.78 Å². The van der Waals surface area contributed by atoms with Crippen LogP contribution in [0.25, 0.3) is 0 Å². The predicted octanol–water partition coefficient (Wildman–Crippen LogP) is 2.95. The fourth-order valence-corrected chi connectivity index (χ4v) is 3.68. The predicted molar refractivity (Wildman–Crippen MR) is 102 cm³/mol. The number of Topliss-reactive ketones (excluding diaryl/α,β-unsaturated/α-hetero) is 2. The highest BCUT2D eigenvalue weighted by atomic mass is 16.3. The van der Waals surface area contributed by atoms with E-state index in [2.05, 4.69) is 6.92 Å². The van der Waals surface area contributed by atoms with Gasteiger partial charge in [0.2, 0.25) is 0 Å². The van der Waals surface area contributed by atoms with Crippen molar-refractivity contribution in [2.45, 2.75) is 89.8 Å². The fraction of sp³-hybridized carbons (Fsp3) is 0.810. The van der Waals surface area contributed by atoms with E-state index in [1.54, 1.807) is 12.2 Å². The molecule has 0 bridgehead atoms. The van der Waals surface area contributed by atoms with Crippen LogP contribution in [-0.4, -0.2) is 45.7 Å². The highest BCUT2D eigenvalue weighted by Gasteiger charge is 2.39. The van der Waals surface area contributed by atoms with E-state index >= 15 is 0 Å². The minimum atomic E-state index is -0.592. The van der Waals surface area contributed by atoms with E-state index in [1.807, 2.05) is 0 Å². The zero-order valence-corrected chi connectivity index (χ0v) is 16.1. The van der Waals surface area contributed by atoms with Gasteiger partial charge in [-0.1, -0.05) is 57.6 Å². The van der Waals surface area contributed by atoms with Crippen LogP contribution >= 0.6 is 0 Å². The molecule has 1 aliphatic carbocycles. The maximum Gasteiger partial charge on any atom is 0.158 e. The molecule has 1 fully saturated rings. The van der Waals surface area contributed by atoms with E-state index in [0.717, 1.165) is 51.4 Å². The lowest BCUT2D eigenvalue weighted by molar-refractivity contribution is -0.122. The van der Waals surface area contributed by atoms with Crippen molar-refractivity contribution in [2.75, 3.05) is 6.61 Å². The molecule has 5 nitrogen and oxygen atoms in total. The number of carbonyl (C=O) groups excluding carboxylic acids is 2. The number of allylic oxidation sites excluding steroid dienone is 1. The quantitative estimate of drug-likeness (QED) is 0.324. The van der Waals surface area contributed by atoms with E-state index in [0.29, 0.717) is 12.8 Å². The van der Waals surface area contributed by atoms with Crippen LogP contribution < -0.4 is 0 Å². The molecule has 0 aromatic heterocycles. The van der Waals surface area contributed by atoms with Crippen LogP contribution in [0.1, 0.15) is 77.6 Å². The van der Waals surface area contributed by atoms with Gasteiger partial charge in [-0.25, -0.2) is 0 Å². The van der Waals surface area contributed by atoms with Crippen molar-refractivity contribution < 1.29 is 24.9 Å². The average molecular weight is 369 g/mol. The Labute approximate surface area is 157 Å². The fourth-order valence-electron chi connectivity index (χ4n) is 3.68. The third kappa shape index (κ3) is 8.56. The van der Waals surface area contributed by atoms with Crippen molar-refractivity contribution in [3.05, 3.63) is 12.2 Å². The van der Waals surface area contributed by atoms with Gasteiger partial charge in [-0.2, -0.15) is 0 Å². The summed E-state index contributed by atoms with van der Waals surface area (Å²) in [5.41, 5.74) is 0. The number of hydrogen-bond donors (Lipinski definition) is 3. The standard InChI is InChI=1S/C21H36O5/c1-2-3-6-9-16(23)12-13-19-18(20(25)14-21(19)26)11-8-5-4-7-10-17(24)15-22/h12-13,16,18-20,22-23,25H,2-11,14-15H2,1H3/b13-12+/t16-,18+,19+,20-/m0/s1. The van der Waals surface area contributed by atoms with Crippen molar-refractivity contribution in [1.82, 2.24) is 0 Å². The first-order valence-corrected chi connectivity index (χ1v) is 10.2. The molecule has 1 rings (SSSR count). The number of unbranched alkanes of at least 4 members (excludes halogenated alkanes) is 5. The van der Waals surface area contributed by atoms with Crippen molar-refractivity contribution in [2.24, 2.45) is 11.8 Å². The summed E-state index contributed by atoms with van der Waals surface area (Å²) in [7, 11) is 0. The summed E-state index contributed by atoms with van der Waals surface area (Å²) in [6, 6.07) is 0. The lowest BCUT2D eigenvalue weighted by Crippen LogP contribution is -2.19. The number of rotatable bonds is 14. The summed E-state index contributed by atoms with van der Waals surface area (Å²) in [5.74, 6) is -0.417. The number of aliphatic hydroxyl groups excluding tert-OH is 3. The molecule has 0 unspecified atom stereocenters. The van der Waals surface area contributed by atoms with E-state index in [4.69, 9.17) is 5.11 Å². The molecular formula is C21H36O5. The number of ketones is 2. The zero-order valence-electron chi connectivity index (χ0n) is 16.1. The molecule has 26 heavy (non-hydrogen) atoms. The second kappa shape index (κ2) is 13.2. The monoisotopic (exact) mass is 368 g/mol. The van der Waals surface area contributed by atoms with Gasteiger partial charge < -0.3 is 15.3 Å². The first kappa shape index (κ1) is 23.0. The SMILES string of the molecule is CCCCC[C@H](O)/C=C/[C@H]1C(=O)C[C@H](O)[C@@H]1CCCCCCC(=O)CO. The second-order valence-corrected chi connectivity index (χ2v) is 7.53. The molecule has 0 spiro atoms. The van der Waals surface area contributed by atoms with Gasteiger partial charge in [-0.05, 0) is 25.2 Å². The lowest BCUT2D eigenvalue weighted by Gasteiger charge is -2.18. The van der Waals surface area contributed by atoms with E-state index < -0.39 is 12.2 Å². The normalized spacial score (nSPS) is 24.5. The van der Waals surface area contributed by atoms with Gasteiger partial charge in [-0.15, -0.1) is 0 Å². The summed E-state index contributed by atoms with van der Waals surface area (Å²) >= 11 is 0. The maximum atomic E-state index is 12.2. The summed E-state index contributed by atoms with van der Waals surface area (Å²) in [6.07, 6.45) is 11.3. The third-order valence-electron chi connectivity index (χ3n) is 5.30. The lowest BCUT2D eigenvalue weighted by atomic mass is 9.88. The molecule has 0 amide bonds. The Morgan fingerprint density at radius 3 is 2.62 bits per heavy atom. The molecule has 0 aliphatic heterocycles. The van der Waals surface area contributed by atoms with Gasteiger partial charge in [0.1, 0.15) is 12.4 Å². The second-order valence-electron chi connectivity index (χ2n) is 7.53. The Bertz CT molecular complexity index is 446. The largest absolute Gasteiger partial charge is 0.392 e. The van der Waals surface area contributed by atoms with Crippen LogP contribution in [0.2, 0.25) is 0 Å². The van der Waals surface area contributed by atoms with Crippen LogP contribution in [0, 0.1) is 11.8 Å². The molecule has 0 saturated heterocycles. The van der Waals surface area contributed by atoms with Crippen molar-refractivity contribution in [3.63, 3.8) is 0 Å². The molecule has 4 atom stereocenters. The summed E-state index contributed by atoms with van der Waals surface area (Å²) in [5, 5.41) is 28.9. The van der Waals surface area contributed by atoms with Gasteiger partial charge in [0.25, 0.3) is 0 Å². The van der Waals surface area contributed by atoms with E-state index in [9.17, 15) is 19.8 Å². The summed E-state index contributed by atoms with van der Waals surface area (Å²) in [6.45, 7) is 1.74. The average Bonchev–Trinajstić information content (AvgIpc) is 2.89. The molecule has 3 N–H and O–H groups in total. The van der Waals surface area contributed by atoms with Crippen LogP contribution in [0.3, 0.4) is 0 Å². The molecule has 0 aromatic carbocycles. The minimum Gasteiger partial charge on any atom is -0.392 e. The van der Waals surface area contributed by atoms with Crippen molar-refractivity contribution in [1.29, 1.82) is 0 Å². The topological polar surface area (TPSA) is 94.8 Å². The van der Waals surface area contributed by atoms with Crippen molar-refractivity contribution >= 4 is 11.6 Å². The summed E-state index contributed by atoms with van der Waals surface area (Å²) < 4.78 is 0. The Morgan fingerprint density at radius 1 is 1.19 bits per heavy atom. The molecule has 0 aromatic rings. The van der Waals surface area contributed by atoms with Crippen LogP contribution in [0.15, 0.2) is 12.2 Å². The van der Waals surface area contributed by atoms with Crippen molar-refractivity contribution in [3.8, 4) is 0 Å². The Hall–Kier alpha value is -1.04. The van der Waals surface area contributed by atoms with Crippen LogP contribution in [0.4, 0.5) is 0 Å². The Kier molecular flexibility index (Phi) is 11.7. The Morgan fingerprint density at radius 2 is 1.92 bits per heavy atom. The van der Waals surface area contributed by atoms with Gasteiger partial charge in [0.05, 0.1) is 12.2 Å². The number of hydrogen-bond acceptors (Lipinski definition) is 5. The van der Waals surface area contributed by atoms with Crippen LogP contribution in [0.5, 0.6) is 0 Å². The highest BCUT2D eigenvalue weighted by molar-refractivity contribution is 5.86. The Balaban J connectivity index is 2.37. The molecule has 150 valence electrons. The van der Waals surface area contributed by atoms with Gasteiger partial charge in [0, 0.05) is 18.8 Å². The van der Waals surface area contributed by atoms with Crippen LogP contribution in [-0.2, 0) is 9.59 Å². The first-order chi connectivity index (χ1) is 12.5. The minimum absolute atomic E-state index is 0.0630. The molecule has 0 radical (unpaired) electrons. The highest BCUT2D eigenvalue weighted by Crippen LogP contribution is 2.34. The third-order valence-corrected chi connectivity index (χ3v) is 5.30. The van der Waals surface area contributed by atoms with E-state index in [1.165, 1.54) is 0 Å². The molecule has 1 saturated carbocycles. The smallest absolute Gasteiger partial charge is 0.158 e. The van der Waals surface area contributed by atoms with Gasteiger partial charge >= 0.3 is 0 Å². The van der Waals surface area contributed by atoms with E-state index in [-0.39, 0.29) is 36.4 Å². The van der Waals surface area contributed by atoms with Gasteiger partial charge in [-0.3, -0.25) is 9.59 Å². The summed E-state index contributed by atoms with van der Waals surface area (Å²) in [4.78, 5) is 23.2. The number of carbonyl (C=O) groups is 2. The molecule has 1 aliphatic rings. The molecule has 5 heteroatoms. The number of aliphatic hydroxyl groups is 3.